The molecule has 2 rings (SSSR count). The average molecular weight is 299 g/mol. The molecule has 1 aliphatic rings. The maximum atomic E-state index is 12.5. The topological polar surface area (TPSA) is 83.7 Å². The summed E-state index contributed by atoms with van der Waals surface area (Å²) < 4.78 is 0. The Labute approximate surface area is 121 Å². The zero-order valence-corrected chi connectivity index (χ0v) is 11.5. The second-order valence-electron chi connectivity index (χ2n) is 4.70. The molecule has 1 aromatic carbocycles. The zero-order chi connectivity index (χ0) is 14.7. The first-order valence-corrected chi connectivity index (χ1v) is 6.78. The van der Waals surface area contributed by atoms with E-state index in [1.54, 1.807) is 0 Å². The van der Waals surface area contributed by atoms with E-state index in [0.717, 1.165) is 19.3 Å². The number of aliphatic hydroxyl groups excluding tert-OH is 1. The molecule has 0 heterocycles. The SMILES string of the molecule is O=C(c1c(Cl)cccc1[N+](=O)[O-])N(CCO)C1CCC1. The lowest BCUT2D eigenvalue weighted by atomic mass is 9.91. The van der Waals surface area contributed by atoms with Crippen LogP contribution in [0.4, 0.5) is 5.69 Å². The quantitative estimate of drug-likeness (QED) is 0.667. The summed E-state index contributed by atoms with van der Waals surface area (Å²) in [5, 5.41) is 20.2. The molecule has 0 unspecified atom stereocenters. The van der Waals surface area contributed by atoms with Crippen molar-refractivity contribution in [1.29, 1.82) is 0 Å². The summed E-state index contributed by atoms with van der Waals surface area (Å²) >= 11 is 5.96. The van der Waals surface area contributed by atoms with E-state index in [4.69, 9.17) is 16.7 Å². The van der Waals surface area contributed by atoms with Crippen molar-refractivity contribution in [1.82, 2.24) is 4.90 Å². The van der Waals surface area contributed by atoms with E-state index < -0.39 is 10.8 Å². The molecule has 0 aromatic heterocycles. The molecule has 0 saturated heterocycles. The van der Waals surface area contributed by atoms with Crippen LogP contribution in [0, 0.1) is 10.1 Å². The Morgan fingerprint density at radius 1 is 1.50 bits per heavy atom. The molecule has 1 N–H and O–H groups in total. The summed E-state index contributed by atoms with van der Waals surface area (Å²) in [6, 6.07) is 4.19. The molecule has 108 valence electrons. The number of benzene rings is 1. The monoisotopic (exact) mass is 298 g/mol. The molecule has 0 bridgehead atoms. The van der Waals surface area contributed by atoms with Crippen molar-refractivity contribution in [2.24, 2.45) is 0 Å². The van der Waals surface area contributed by atoms with Gasteiger partial charge < -0.3 is 10.0 Å². The van der Waals surface area contributed by atoms with Crippen LogP contribution >= 0.6 is 11.6 Å². The largest absolute Gasteiger partial charge is 0.395 e. The number of hydrogen-bond donors (Lipinski definition) is 1. The first kappa shape index (κ1) is 14.7. The van der Waals surface area contributed by atoms with E-state index in [1.807, 2.05) is 0 Å². The molecule has 1 aromatic rings. The summed E-state index contributed by atoms with van der Waals surface area (Å²) in [6.45, 7) is -0.0215. The minimum atomic E-state index is -0.614. The third kappa shape index (κ3) is 2.76. The van der Waals surface area contributed by atoms with Crippen molar-refractivity contribution in [3.05, 3.63) is 38.9 Å². The van der Waals surface area contributed by atoms with Gasteiger partial charge in [0.05, 0.1) is 16.6 Å². The summed E-state index contributed by atoms with van der Waals surface area (Å²) in [4.78, 5) is 24.4. The molecular formula is C13H15ClN2O4. The Bertz CT molecular complexity index is 531. The first-order chi connectivity index (χ1) is 9.56. The molecule has 0 spiro atoms. The lowest BCUT2D eigenvalue weighted by molar-refractivity contribution is -0.385. The number of amides is 1. The predicted octanol–water partition coefficient (Wildman–Crippen LogP) is 2.24. The first-order valence-electron chi connectivity index (χ1n) is 6.41. The van der Waals surface area contributed by atoms with Crippen LogP contribution in [0.1, 0.15) is 29.6 Å². The minimum absolute atomic E-state index is 0.0329. The maximum absolute atomic E-state index is 12.5. The summed E-state index contributed by atoms with van der Waals surface area (Å²) in [5.74, 6) is -0.485. The molecular weight excluding hydrogens is 284 g/mol. The number of nitro groups is 1. The molecule has 0 aliphatic heterocycles. The van der Waals surface area contributed by atoms with Gasteiger partial charge in [0.2, 0.25) is 0 Å². The summed E-state index contributed by atoms with van der Waals surface area (Å²) in [7, 11) is 0. The van der Waals surface area contributed by atoms with E-state index in [2.05, 4.69) is 0 Å². The molecule has 1 saturated carbocycles. The van der Waals surface area contributed by atoms with Crippen LogP contribution in [-0.4, -0.2) is 40.0 Å². The number of aliphatic hydroxyl groups is 1. The van der Waals surface area contributed by atoms with Crippen LogP contribution in [0.25, 0.3) is 0 Å². The van der Waals surface area contributed by atoms with Crippen LogP contribution in [0.15, 0.2) is 18.2 Å². The van der Waals surface area contributed by atoms with Crippen molar-refractivity contribution in [3.63, 3.8) is 0 Å². The summed E-state index contributed by atoms with van der Waals surface area (Å²) in [5.41, 5.74) is -0.399. The van der Waals surface area contributed by atoms with Crippen LogP contribution < -0.4 is 0 Å². The van der Waals surface area contributed by atoms with Gasteiger partial charge in [-0.2, -0.15) is 0 Å². The average Bonchev–Trinajstić information content (AvgIpc) is 2.35. The fraction of sp³-hybridized carbons (Fsp3) is 0.462. The molecule has 6 nitrogen and oxygen atoms in total. The van der Waals surface area contributed by atoms with Gasteiger partial charge in [-0.25, -0.2) is 0 Å². The number of carbonyl (C=O) groups is 1. The van der Waals surface area contributed by atoms with Crippen molar-refractivity contribution in [2.75, 3.05) is 13.2 Å². The van der Waals surface area contributed by atoms with E-state index in [0.29, 0.717) is 0 Å². The van der Waals surface area contributed by atoms with Crippen LogP contribution in [0.3, 0.4) is 0 Å². The minimum Gasteiger partial charge on any atom is -0.395 e. The summed E-state index contributed by atoms with van der Waals surface area (Å²) in [6.07, 6.45) is 2.72. The molecule has 0 radical (unpaired) electrons. The zero-order valence-electron chi connectivity index (χ0n) is 10.8. The number of carbonyl (C=O) groups excluding carboxylic acids is 1. The lowest BCUT2D eigenvalue weighted by Crippen LogP contribution is -2.45. The Morgan fingerprint density at radius 2 is 2.20 bits per heavy atom. The Kier molecular flexibility index (Phi) is 4.57. The second-order valence-corrected chi connectivity index (χ2v) is 5.11. The van der Waals surface area contributed by atoms with Gasteiger partial charge in [-0.05, 0) is 25.3 Å². The fourth-order valence-electron chi connectivity index (χ4n) is 2.28. The van der Waals surface area contributed by atoms with Crippen molar-refractivity contribution < 1.29 is 14.8 Å². The fourth-order valence-corrected chi connectivity index (χ4v) is 2.53. The van der Waals surface area contributed by atoms with Gasteiger partial charge in [0.25, 0.3) is 11.6 Å². The molecule has 1 fully saturated rings. The number of hydrogen-bond acceptors (Lipinski definition) is 4. The highest BCUT2D eigenvalue weighted by Gasteiger charge is 2.33. The van der Waals surface area contributed by atoms with E-state index in [-0.39, 0.29) is 35.5 Å². The van der Waals surface area contributed by atoms with E-state index >= 15 is 0 Å². The number of rotatable bonds is 5. The van der Waals surface area contributed by atoms with E-state index in [9.17, 15) is 14.9 Å². The molecule has 20 heavy (non-hydrogen) atoms. The van der Waals surface area contributed by atoms with Gasteiger partial charge in [0.15, 0.2) is 0 Å². The van der Waals surface area contributed by atoms with Gasteiger partial charge in [-0.1, -0.05) is 17.7 Å². The van der Waals surface area contributed by atoms with Crippen LogP contribution in [-0.2, 0) is 0 Å². The van der Waals surface area contributed by atoms with Gasteiger partial charge in [-0.3, -0.25) is 14.9 Å². The van der Waals surface area contributed by atoms with Crippen molar-refractivity contribution in [2.45, 2.75) is 25.3 Å². The lowest BCUT2D eigenvalue weighted by Gasteiger charge is -2.37. The number of nitrogens with zero attached hydrogens (tertiary/aromatic N) is 2. The standard InChI is InChI=1S/C13H15ClN2O4/c14-10-5-2-6-11(16(19)20)12(10)13(18)15(7-8-17)9-3-1-4-9/h2,5-6,9,17H,1,3-4,7-8H2. The van der Waals surface area contributed by atoms with Crippen molar-refractivity contribution >= 4 is 23.2 Å². The van der Waals surface area contributed by atoms with Crippen molar-refractivity contribution in [3.8, 4) is 0 Å². The maximum Gasteiger partial charge on any atom is 0.283 e. The van der Waals surface area contributed by atoms with Gasteiger partial charge in [-0.15, -0.1) is 0 Å². The van der Waals surface area contributed by atoms with Crippen LogP contribution in [0.5, 0.6) is 0 Å². The highest BCUT2D eigenvalue weighted by Crippen LogP contribution is 2.31. The van der Waals surface area contributed by atoms with Crippen LogP contribution in [0.2, 0.25) is 5.02 Å². The normalized spacial score (nSPS) is 14.7. The third-order valence-corrected chi connectivity index (χ3v) is 3.83. The highest BCUT2D eigenvalue weighted by molar-refractivity contribution is 6.34. The predicted molar refractivity (Wildman–Crippen MR) is 73.9 cm³/mol. The number of nitro benzene ring substituents is 1. The molecule has 7 heteroatoms. The van der Waals surface area contributed by atoms with Gasteiger partial charge >= 0.3 is 0 Å². The van der Waals surface area contributed by atoms with Gasteiger partial charge in [0.1, 0.15) is 5.56 Å². The Balaban J connectivity index is 2.37. The molecule has 1 aliphatic carbocycles. The number of halogens is 1. The molecule has 1 amide bonds. The highest BCUT2D eigenvalue weighted by atomic mass is 35.5. The smallest absolute Gasteiger partial charge is 0.283 e. The van der Waals surface area contributed by atoms with Gasteiger partial charge in [0, 0.05) is 18.7 Å². The van der Waals surface area contributed by atoms with E-state index in [1.165, 1.54) is 23.1 Å². The Hall–Kier alpha value is -1.66. The Morgan fingerprint density at radius 3 is 2.70 bits per heavy atom. The third-order valence-electron chi connectivity index (χ3n) is 3.52. The molecule has 0 atom stereocenters. The second kappa shape index (κ2) is 6.19.